The first-order valence-corrected chi connectivity index (χ1v) is 5.52. The zero-order valence-electron chi connectivity index (χ0n) is 9.33. The average molecular weight is 212 g/mol. The minimum absolute atomic E-state index is 0.111. The van der Waals surface area contributed by atoms with Crippen LogP contribution in [-0.4, -0.2) is 47.8 Å². The lowest BCUT2D eigenvalue weighted by atomic mass is 10.3. The van der Waals surface area contributed by atoms with E-state index in [0.717, 1.165) is 25.9 Å². The highest BCUT2D eigenvalue weighted by atomic mass is 16.2. The van der Waals surface area contributed by atoms with Crippen LogP contribution in [0, 0.1) is 5.41 Å². The lowest BCUT2D eigenvalue weighted by Gasteiger charge is -2.21. The molecule has 1 heterocycles. The van der Waals surface area contributed by atoms with Crippen molar-refractivity contribution in [2.75, 3.05) is 26.2 Å². The fourth-order valence-corrected chi connectivity index (χ4v) is 1.78. The van der Waals surface area contributed by atoms with Crippen molar-refractivity contribution in [3.63, 3.8) is 0 Å². The predicted molar refractivity (Wildman–Crippen MR) is 59.6 cm³/mol. The molecule has 0 saturated carbocycles. The first kappa shape index (κ1) is 11.8. The molecule has 0 aromatic rings. The molecule has 1 aliphatic heterocycles. The van der Waals surface area contributed by atoms with Gasteiger partial charge in [-0.15, -0.1) is 0 Å². The first-order chi connectivity index (χ1) is 7.15. The van der Waals surface area contributed by atoms with E-state index >= 15 is 0 Å². The molecule has 0 aromatic carbocycles. The van der Waals surface area contributed by atoms with Crippen LogP contribution >= 0.6 is 0 Å². The van der Waals surface area contributed by atoms with Crippen LogP contribution in [-0.2, 0) is 4.79 Å². The molecule has 0 aromatic heterocycles. The third kappa shape index (κ3) is 3.42. The summed E-state index contributed by atoms with van der Waals surface area (Å²) in [6.45, 7) is 4.97. The number of nitrogens with one attached hydrogen (secondary N) is 1. The number of hydrogen-bond donors (Lipinski definition) is 2. The standard InChI is InChI=1S/C10H20N4O/c1-2-4-9(15)13-5-3-6-14(8-7-13)10(11)12/h2-8H2,1H3,(H3,11,12). The second-order valence-electron chi connectivity index (χ2n) is 3.86. The summed E-state index contributed by atoms with van der Waals surface area (Å²) in [5, 5.41) is 7.34. The van der Waals surface area contributed by atoms with Crippen molar-refractivity contribution in [2.45, 2.75) is 26.2 Å². The third-order valence-electron chi connectivity index (χ3n) is 2.65. The number of amides is 1. The monoisotopic (exact) mass is 212 g/mol. The van der Waals surface area contributed by atoms with Crippen molar-refractivity contribution in [2.24, 2.45) is 5.73 Å². The first-order valence-electron chi connectivity index (χ1n) is 5.52. The van der Waals surface area contributed by atoms with Gasteiger partial charge in [-0.1, -0.05) is 6.92 Å². The molecule has 15 heavy (non-hydrogen) atoms. The van der Waals surface area contributed by atoms with Crippen molar-refractivity contribution in [3.05, 3.63) is 0 Å². The molecule has 1 amide bonds. The predicted octanol–water partition coefficient (Wildman–Crippen LogP) is 0.214. The molecule has 0 atom stereocenters. The van der Waals surface area contributed by atoms with Crippen LogP contribution < -0.4 is 5.73 Å². The van der Waals surface area contributed by atoms with E-state index in [4.69, 9.17) is 11.1 Å². The maximum atomic E-state index is 11.6. The lowest BCUT2D eigenvalue weighted by molar-refractivity contribution is -0.131. The Labute approximate surface area is 90.7 Å². The highest BCUT2D eigenvalue weighted by Gasteiger charge is 2.18. The number of nitrogens with two attached hydrogens (primary N) is 1. The van der Waals surface area contributed by atoms with E-state index in [1.54, 1.807) is 0 Å². The summed E-state index contributed by atoms with van der Waals surface area (Å²) in [6.07, 6.45) is 2.42. The smallest absolute Gasteiger partial charge is 0.222 e. The van der Waals surface area contributed by atoms with Crippen molar-refractivity contribution >= 4 is 11.9 Å². The topological polar surface area (TPSA) is 73.4 Å². The summed E-state index contributed by atoms with van der Waals surface area (Å²) in [5.74, 6) is 0.336. The second kappa shape index (κ2) is 5.58. The molecule has 1 aliphatic rings. The molecule has 1 fully saturated rings. The molecular formula is C10H20N4O. The fourth-order valence-electron chi connectivity index (χ4n) is 1.78. The highest BCUT2D eigenvalue weighted by Crippen LogP contribution is 2.05. The van der Waals surface area contributed by atoms with Gasteiger partial charge in [0.2, 0.25) is 5.91 Å². The summed E-state index contributed by atoms with van der Waals surface area (Å²) in [6, 6.07) is 0. The van der Waals surface area contributed by atoms with E-state index < -0.39 is 0 Å². The molecule has 0 unspecified atom stereocenters. The quantitative estimate of drug-likeness (QED) is 0.508. The zero-order valence-corrected chi connectivity index (χ0v) is 9.33. The van der Waals surface area contributed by atoms with Gasteiger partial charge in [0.05, 0.1) is 0 Å². The van der Waals surface area contributed by atoms with Crippen LogP contribution in [0.1, 0.15) is 26.2 Å². The van der Waals surface area contributed by atoms with Crippen molar-refractivity contribution in [1.82, 2.24) is 9.80 Å². The summed E-state index contributed by atoms with van der Waals surface area (Å²) in [7, 11) is 0. The minimum atomic E-state index is 0.111. The number of nitrogens with zero attached hydrogens (tertiary/aromatic N) is 2. The minimum Gasteiger partial charge on any atom is -0.370 e. The Morgan fingerprint density at radius 2 is 1.87 bits per heavy atom. The second-order valence-corrected chi connectivity index (χ2v) is 3.86. The Balaban J connectivity index is 2.45. The van der Waals surface area contributed by atoms with Gasteiger partial charge in [0.1, 0.15) is 0 Å². The Morgan fingerprint density at radius 1 is 1.27 bits per heavy atom. The van der Waals surface area contributed by atoms with Gasteiger partial charge in [0.25, 0.3) is 0 Å². The van der Waals surface area contributed by atoms with Gasteiger partial charge in [-0.05, 0) is 12.8 Å². The number of carbonyl (C=O) groups is 1. The molecule has 5 nitrogen and oxygen atoms in total. The Morgan fingerprint density at radius 3 is 2.47 bits per heavy atom. The van der Waals surface area contributed by atoms with E-state index in [1.807, 2.05) is 16.7 Å². The lowest BCUT2D eigenvalue weighted by Crippen LogP contribution is -2.40. The van der Waals surface area contributed by atoms with Gasteiger partial charge in [-0.25, -0.2) is 0 Å². The Hall–Kier alpha value is -1.26. The van der Waals surface area contributed by atoms with Crippen LogP contribution in [0.25, 0.3) is 0 Å². The van der Waals surface area contributed by atoms with Crippen LogP contribution in [0.2, 0.25) is 0 Å². The van der Waals surface area contributed by atoms with Gasteiger partial charge in [-0.2, -0.15) is 0 Å². The maximum absolute atomic E-state index is 11.6. The molecule has 0 bridgehead atoms. The number of rotatable bonds is 2. The van der Waals surface area contributed by atoms with Crippen molar-refractivity contribution < 1.29 is 4.79 Å². The van der Waals surface area contributed by atoms with Crippen LogP contribution in [0.15, 0.2) is 0 Å². The van der Waals surface area contributed by atoms with Gasteiger partial charge >= 0.3 is 0 Å². The maximum Gasteiger partial charge on any atom is 0.222 e. The van der Waals surface area contributed by atoms with Crippen LogP contribution in [0.5, 0.6) is 0 Å². The largest absolute Gasteiger partial charge is 0.370 e. The Kier molecular flexibility index (Phi) is 4.39. The average Bonchev–Trinajstić information content (AvgIpc) is 2.43. The summed E-state index contributed by atoms with van der Waals surface area (Å²) in [5.41, 5.74) is 5.42. The van der Waals surface area contributed by atoms with Crippen molar-refractivity contribution in [3.8, 4) is 0 Å². The molecule has 1 saturated heterocycles. The molecule has 0 aliphatic carbocycles. The van der Waals surface area contributed by atoms with E-state index in [1.165, 1.54) is 0 Å². The van der Waals surface area contributed by atoms with Crippen LogP contribution in [0.4, 0.5) is 0 Å². The molecule has 1 rings (SSSR count). The SMILES string of the molecule is CCCC(=O)N1CCCN(C(=N)N)CC1. The molecule has 0 radical (unpaired) electrons. The van der Waals surface area contributed by atoms with Gasteiger partial charge < -0.3 is 15.5 Å². The number of hydrogen-bond acceptors (Lipinski definition) is 2. The summed E-state index contributed by atoms with van der Waals surface area (Å²) < 4.78 is 0. The normalized spacial score (nSPS) is 17.4. The number of carbonyl (C=O) groups excluding carboxylic acids is 1. The van der Waals surface area contributed by atoms with E-state index in [0.29, 0.717) is 19.5 Å². The van der Waals surface area contributed by atoms with Gasteiger partial charge in [0, 0.05) is 32.6 Å². The fraction of sp³-hybridized carbons (Fsp3) is 0.800. The molecule has 3 N–H and O–H groups in total. The van der Waals surface area contributed by atoms with Crippen molar-refractivity contribution in [1.29, 1.82) is 5.41 Å². The van der Waals surface area contributed by atoms with E-state index in [2.05, 4.69) is 0 Å². The molecule has 86 valence electrons. The summed E-state index contributed by atoms with van der Waals surface area (Å²) in [4.78, 5) is 15.3. The highest BCUT2D eigenvalue weighted by molar-refractivity contribution is 5.77. The Bertz CT molecular complexity index is 242. The molecule has 5 heteroatoms. The van der Waals surface area contributed by atoms with Crippen LogP contribution in [0.3, 0.4) is 0 Å². The third-order valence-corrected chi connectivity index (χ3v) is 2.65. The van der Waals surface area contributed by atoms with E-state index in [-0.39, 0.29) is 11.9 Å². The number of guanidine groups is 1. The van der Waals surface area contributed by atoms with E-state index in [9.17, 15) is 4.79 Å². The van der Waals surface area contributed by atoms with Gasteiger partial charge in [0.15, 0.2) is 5.96 Å². The zero-order chi connectivity index (χ0) is 11.3. The molecular weight excluding hydrogens is 192 g/mol. The molecule has 0 spiro atoms. The summed E-state index contributed by atoms with van der Waals surface area (Å²) >= 11 is 0. The van der Waals surface area contributed by atoms with Gasteiger partial charge in [-0.3, -0.25) is 10.2 Å².